The smallest absolute Gasteiger partial charge is 0.336 e. The molecule has 9 heteroatoms. The molecule has 0 radical (unpaired) electrons. The third-order valence-electron chi connectivity index (χ3n) is 7.83. The summed E-state index contributed by atoms with van der Waals surface area (Å²) >= 11 is 0. The molecule has 1 saturated heterocycles. The fourth-order valence-corrected chi connectivity index (χ4v) is 5.54. The Bertz CT molecular complexity index is 2000. The number of carbonyl (C=O) groups is 2. The zero-order valence-corrected chi connectivity index (χ0v) is 23.0. The lowest BCUT2D eigenvalue weighted by molar-refractivity contribution is 0.0586. The number of aromatic carboxylic acids is 1. The fraction of sp³-hybridized carbons (Fsp3) is 0.0882. The first-order valence-electron chi connectivity index (χ1n) is 13.9. The summed E-state index contributed by atoms with van der Waals surface area (Å²) in [5.74, 6) is -0.215. The van der Waals surface area contributed by atoms with Crippen molar-refractivity contribution < 1.29 is 14.7 Å². The van der Waals surface area contributed by atoms with Crippen LogP contribution in [0.2, 0.25) is 0 Å². The molecule has 1 aliphatic heterocycles. The number of benzene rings is 3. The van der Waals surface area contributed by atoms with Crippen molar-refractivity contribution in [2.24, 2.45) is 0 Å². The predicted molar refractivity (Wildman–Crippen MR) is 164 cm³/mol. The lowest BCUT2D eigenvalue weighted by Gasteiger charge is -2.40. The molecule has 3 aromatic carbocycles. The number of aromatic nitrogens is 4. The number of carbonyl (C=O) groups excluding carboxylic acids is 1. The van der Waals surface area contributed by atoms with Gasteiger partial charge in [0.1, 0.15) is 11.3 Å². The molecule has 1 fully saturated rings. The van der Waals surface area contributed by atoms with Crippen molar-refractivity contribution in [2.75, 3.05) is 18.8 Å². The van der Waals surface area contributed by atoms with E-state index in [-0.39, 0.29) is 23.0 Å². The molecule has 7 rings (SSSR count). The molecule has 3 aromatic heterocycles. The minimum absolute atomic E-state index is 0.0157. The van der Waals surface area contributed by atoms with Gasteiger partial charge in [0, 0.05) is 36.5 Å². The summed E-state index contributed by atoms with van der Waals surface area (Å²) in [5, 5.41) is 9.48. The number of nitrogen functional groups attached to an aromatic ring is 1. The highest BCUT2D eigenvalue weighted by Crippen LogP contribution is 2.34. The first-order valence-corrected chi connectivity index (χ1v) is 13.9. The van der Waals surface area contributed by atoms with Gasteiger partial charge >= 0.3 is 5.97 Å². The Morgan fingerprint density at radius 2 is 1.51 bits per heavy atom. The number of fused-ring (bicyclic) bond motifs is 1. The Kier molecular flexibility index (Phi) is 6.39. The summed E-state index contributed by atoms with van der Waals surface area (Å²) < 4.78 is 2.00. The van der Waals surface area contributed by atoms with Crippen molar-refractivity contribution >= 4 is 28.9 Å². The average Bonchev–Trinajstić information content (AvgIpc) is 3.40. The first-order chi connectivity index (χ1) is 21.0. The van der Waals surface area contributed by atoms with Crippen molar-refractivity contribution in [3.63, 3.8) is 0 Å². The molecular formula is C34H26N6O3. The SMILES string of the molecule is Nc1ncccc1-c1nc2ccc(-c3ccccc3)nc2n1-c1ccc(C2CN(C(=O)c3ccccc3C(=O)O)C2)cc1. The molecule has 9 nitrogen and oxygen atoms in total. The molecule has 0 bridgehead atoms. The van der Waals surface area contributed by atoms with E-state index in [0.29, 0.717) is 35.9 Å². The lowest BCUT2D eigenvalue weighted by Crippen LogP contribution is -2.48. The summed E-state index contributed by atoms with van der Waals surface area (Å²) in [5.41, 5.74) is 12.4. The highest BCUT2D eigenvalue weighted by molar-refractivity contribution is 6.05. The van der Waals surface area contributed by atoms with Crippen LogP contribution in [0.1, 0.15) is 32.2 Å². The van der Waals surface area contributed by atoms with Crippen molar-refractivity contribution in [1.82, 2.24) is 24.4 Å². The second kappa shape index (κ2) is 10.5. The molecule has 43 heavy (non-hydrogen) atoms. The van der Waals surface area contributed by atoms with Crippen LogP contribution in [-0.4, -0.2) is 54.5 Å². The fourth-order valence-electron chi connectivity index (χ4n) is 5.54. The summed E-state index contributed by atoms with van der Waals surface area (Å²) in [6.45, 7) is 1.03. The lowest BCUT2D eigenvalue weighted by atomic mass is 9.90. The number of likely N-dealkylation sites (tertiary alicyclic amines) is 1. The van der Waals surface area contributed by atoms with E-state index in [1.807, 2.05) is 71.3 Å². The number of carboxylic acids is 1. The molecule has 0 atom stereocenters. The van der Waals surface area contributed by atoms with Crippen LogP contribution in [-0.2, 0) is 0 Å². The first kappa shape index (κ1) is 26.1. The number of nitrogens with zero attached hydrogens (tertiary/aromatic N) is 5. The Hall–Kier alpha value is -5.83. The molecule has 210 valence electrons. The molecule has 6 aromatic rings. The molecule has 1 amide bonds. The maximum atomic E-state index is 13.0. The maximum absolute atomic E-state index is 13.0. The van der Waals surface area contributed by atoms with Gasteiger partial charge in [0.15, 0.2) is 11.5 Å². The number of hydrogen-bond donors (Lipinski definition) is 2. The Balaban J connectivity index is 1.21. The number of nitrogens with two attached hydrogens (primary N) is 1. The highest BCUT2D eigenvalue weighted by atomic mass is 16.4. The third kappa shape index (κ3) is 4.66. The average molecular weight is 567 g/mol. The predicted octanol–water partition coefficient (Wildman–Crippen LogP) is 5.67. The van der Waals surface area contributed by atoms with E-state index >= 15 is 0 Å². The molecule has 0 saturated carbocycles. The van der Waals surface area contributed by atoms with Crippen LogP contribution in [0, 0.1) is 0 Å². The van der Waals surface area contributed by atoms with Gasteiger partial charge in [-0.05, 0) is 54.1 Å². The van der Waals surface area contributed by atoms with Crippen LogP contribution in [0.4, 0.5) is 5.82 Å². The van der Waals surface area contributed by atoms with Gasteiger partial charge in [0.25, 0.3) is 5.91 Å². The van der Waals surface area contributed by atoms with Gasteiger partial charge in [-0.15, -0.1) is 0 Å². The normalized spacial score (nSPS) is 13.2. The number of amides is 1. The minimum Gasteiger partial charge on any atom is -0.478 e. The molecule has 1 aliphatic rings. The van der Waals surface area contributed by atoms with Crippen molar-refractivity contribution in [1.29, 1.82) is 0 Å². The van der Waals surface area contributed by atoms with E-state index in [4.69, 9.17) is 15.7 Å². The van der Waals surface area contributed by atoms with Gasteiger partial charge in [0.05, 0.1) is 22.4 Å². The molecule has 4 heterocycles. The van der Waals surface area contributed by atoms with Crippen LogP contribution in [0.25, 0.3) is 39.5 Å². The van der Waals surface area contributed by atoms with E-state index in [1.54, 1.807) is 29.3 Å². The van der Waals surface area contributed by atoms with Crippen LogP contribution < -0.4 is 5.73 Å². The standard InChI is InChI=1S/C34H26N6O3/c35-30-27(11-6-18-36-30)31-38-29-17-16-28(22-7-2-1-3-8-22)37-32(29)40(31)24-14-12-21(13-15-24)23-19-39(20-23)33(41)25-9-4-5-10-26(25)34(42)43/h1-18,23H,19-20H2,(H2,35,36)(H,42,43). The zero-order valence-electron chi connectivity index (χ0n) is 23.0. The topological polar surface area (TPSA) is 127 Å². The van der Waals surface area contributed by atoms with Crippen LogP contribution in [0.5, 0.6) is 0 Å². The monoisotopic (exact) mass is 566 g/mol. The van der Waals surface area contributed by atoms with Crippen molar-refractivity contribution in [3.05, 3.63) is 126 Å². The number of carboxylic acid groups (broad SMARTS) is 1. The largest absolute Gasteiger partial charge is 0.478 e. The molecular weight excluding hydrogens is 540 g/mol. The van der Waals surface area contributed by atoms with E-state index in [1.165, 1.54) is 6.07 Å². The third-order valence-corrected chi connectivity index (χ3v) is 7.83. The van der Waals surface area contributed by atoms with E-state index in [9.17, 15) is 14.7 Å². The number of pyridine rings is 2. The van der Waals surface area contributed by atoms with Crippen LogP contribution >= 0.6 is 0 Å². The maximum Gasteiger partial charge on any atom is 0.336 e. The van der Waals surface area contributed by atoms with Gasteiger partial charge in [-0.3, -0.25) is 9.36 Å². The second-order valence-electron chi connectivity index (χ2n) is 10.5. The number of rotatable bonds is 6. The molecule has 0 unspecified atom stereocenters. The van der Waals surface area contributed by atoms with Gasteiger partial charge < -0.3 is 15.7 Å². The van der Waals surface area contributed by atoms with E-state index in [2.05, 4.69) is 17.1 Å². The van der Waals surface area contributed by atoms with Gasteiger partial charge in [-0.2, -0.15) is 0 Å². The number of hydrogen-bond acceptors (Lipinski definition) is 6. The number of imidazole rings is 1. The summed E-state index contributed by atoms with van der Waals surface area (Å²) in [6.07, 6.45) is 1.65. The summed E-state index contributed by atoms with van der Waals surface area (Å²) in [4.78, 5) is 40.5. The summed E-state index contributed by atoms with van der Waals surface area (Å²) in [6, 6.07) is 32.1. The van der Waals surface area contributed by atoms with Gasteiger partial charge in [0.2, 0.25) is 0 Å². The summed E-state index contributed by atoms with van der Waals surface area (Å²) in [7, 11) is 0. The Morgan fingerprint density at radius 1 is 0.791 bits per heavy atom. The quantitative estimate of drug-likeness (QED) is 0.266. The Labute approximate surface area is 246 Å². The van der Waals surface area contributed by atoms with Gasteiger partial charge in [-0.1, -0.05) is 54.6 Å². The molecule has 0 spiro atoms. The van der Waals surface area contributed by atoms with Crippen LogP contribution in [0.3, 0.4) is 0 Å². The highest BCUT2D eigenvalue weighted by Gasteiger charge is 2.33. The number of anilines is 1. The second-order valence-corrected chi connectivity index (χ2v) is 10.5. The Morgan fingerprint density at radius 3 is 2.23 bits per heavy atom. The van der Waals surface area contributed by atoms with Crippen LogP contribution in [0.15, 0.2) is 109 Å². The van der Waals surface area contributed by atoms with E-state index in [0.717, 1.165) is 28.0 Å². The van der Waals surface area contributed by atoms with E-state index < -0.39 is 5.97 Å². The minimum atomic E-state index is -1.11. The molecule has 0 aliphatic carbocycles. The van der Waals surface area contributed by atoms with Crippen molar-refractivity contribution in [2.45, 2.75) is 5.92 Å². The molecule has 3 N–H and O–H groups in total. The van der Waals surface area contributed by atoms with Crippen molar-refractivity contribution in [3.8, 4) is 28.3 Å². The zero-order chi connectivity index (χ0) is 29.5. The van der Waals surface area contributed by atoms with Gasteiger partial charge in [-0.25, -0.2) is 19.7 Å².